The minimum atomic E-state index is -0.108. The molecule has 0 bridgehead atoms. The van der Waals surface area contributed by atoms with Crippen molar-refractivity contribution in [3.63, 3.8) is 0 Å². The van der Waals surface area contributed by atoms with E-state index in [0.717, 1.165) is 64.2 Å². The number of aliphatic imine (C=N–C) groups is 1. The maximum absolute atomic E-state index is 9.67. The molecule has 1 aromatic rings. The Balaban J connectivity index is 0.00000280. The van der Waals surface area contributed by atoms with Crippen LogP contribution in [0, 0.1) is 5.92 Å². The SMILES string of the molecule is CCNC(=NCC1CCN(CCc2ccccc2)C1)NC1CCC(O)CC1.I. The van der Waals surface area contributed by atoms with Gasteiger partial charge in [-0.15, -0.1) is 24.0 Å². The summed E-state index contributed by atoms with van der Waals surface area (Å²) >= 11 is 0. The molecule has 1 unspecified atom stereocenters. The first-order chi connectivity index (χ1) is 13.2. The zero-order valence-corrected chi connectivity index (χ0v) is 19.5. The number of guanidine groups is 1. The highest BCUT2D eigenvalue weighted by atomic mass is 127. The first-order valence-electron chi connectivity index (χ1n) is 10.7. The van der Waals surface area contributed by atoms with E-state index >= 15 is 0 Å². The van der Waals surface area contributed by atoms with Gasteiger partial charge >= 0.3 is 0 Å². The lowest BCUT2D eigenvalue weighted by molar-refractivity contribution is 0.120. The molecule has 1 saturated carbocycles. The van der Waals surface area contributed by atoms with Gasteiger partial charge in [0.05, 0.1) is 6.10 Å². The Morgan fingerprint density at radius 3 is 2.61 bits per heavy atom. The molecule has 2 aliphatic rings. The largest absolute Gasteiger partial charge is 0.393 e. The van der Waals surface area contributed by atoms with Crippen molar-refractivity contribution in [2.24, 2.45) is 10.9 Å². The summed E-state index contributed by atoms with van der Waals surface area (Å²) in [5.74, 6) is 1.60. The summed E-state index contributed by atoms with van der Waals surface area (Å²) in [4.78, 5) is 7.45. The molecule has 1 atom stereocenters. The summed E-state index contributed by atoms with van der Waals surface area (Å²) in [6, 6.07) is 11.2. The molecule has 3 N–H and O–H groups in total. The van der Waals surface area contributed by atoms with Crippen molar-refractivity contribution in [1.29, 1.82) is 0 Å². The molecule has 1 aliphatic carbocycles. The third-order valence-electron chi connectivity index (χ3n) is 5.82. The highest BCUT2D eigenvalue weighted by molar-refractivity contribution is 14.0. The second-order valence-corrected chi connectivity index (χ2v) is 8.06. The van der Waals surface area contributed by atoms with Gasteiger partial charge in [0.25, 0.3) is 0 Å². The number of nitrogens with one attached hydrogen (secondary N) is 2. The lowest BCUT2D eigenvalue weighted by Crippen LogP contribution is -2.45. The second-order valence-electron chi connectivity index (χ2n) is 8.06. The molecule has 1 heterocycles. The van der Waals surface area contributed by atoms with E-state index in [4.69, 9.17) is 4.99 Å². The van der Waals surface area contributed by atoms with Gasteiger partial charge in [-0.1, -0.05) is 30.3 Å². The fourth-order valence-corrected chi connectivity index (χ4v) is 4.15. The number of nitrogens with zero attached hydrogens (tertiary/aromatic N) is 2. The minimum Gasteiger partial charge on any atom is -0.393 e. The Hall–Kier alpha value is -0.860. The molecule has 1 aliphatic heterocycles. The van der Waals surface area contributed by atoms with E-state index < -0.39 is 0 Å². The lowest BCUT2D eigenvalue weighted by Gasteiger charge is -2.27. The first-order valence-corrected chi connectivity index (χ1v) is 10.7. The van der Waals surface area contributed by atoms with Crippen LogP contribution >= 0.6 is 24.0 Å². The van der Waals surface area contributed by atoms with Gasteiger partial charge in [0.1, 0.15) is 0 Å². The molecule has 0 spiro atoms. The molecule has 5 nitrogen and oxygen atoms in total. The molecule has 1 aromatic carbocycles. The van der Waals surface area contributed by atoms with Gasteiger partial charge in [0.15, 0.2) is 5.96 Å². The van der Waals surface area contributed by atoms with Crippen molar-refractivity contribution in [3.8, 4) is 0 Å². The third-order valence-corrected chi connectivity index (χ3v) is 5.82. The smallest absolute Gasteiger partial charge is 0.191 e. The van der Waals surface area contributed by atoms with Gasteiger partial charge in [-0.25, -0.2) is 0 Å². The number of likely N-dealkylation sites (tertiary alicyclic amines) is 1. The minimum absolute atomic E-state index is 0. The normalized spacial score (nSPS) is 25.9. The fourth-order valence-electron chi connectivity index (χ4n) is 4.15. The Labute approximate surface area is 187 Å². The van der Waals surface area contributed by atoms with Crippen LogP contribution in [-0.2, 0) is 6.42 Å². The number of aliphatic hydroxyl groups is 1. The summed E-state index contributed by atoms with van der Waals surface area (Å²) in [5.41, 5.74) is 1.43. The van der Waals surface area contributed by atoms with Gasteiger partial charge in [0.2, 0.25) is 0 Å². The van der Waals surface area contributed by atoms with Crippen molar-refractivity contribution in [2.75, 3.05) is 32.7 Å². The van der Waals surface area contributed by atoms with Crippen LogP contribution < -0.4 is 10.6 Å². The van der Waals surface area contributed by atoms with E-state index in [1.54, 1.807) is 0 Å². The predicted molar refractivity (Wildman–Crippen MR) is 127 cm³/mol. The van der Waals surface area contributed by atoms with Crippen molar-refractivity contribution >= 4 is 29.9 Å². The molecule has 158 valence electrons. The number of halogens is 1. The third kappa shape index (κ3) is 7.87. The van der Waals surface area contributed by atoms with Crippen LogP contribution in [0.25, 0.3) is 0 Å². The van der Waals surface area contributed by atoms with Gasteiger partial charge < -0.3 is 20.6 Å². The van der Waals surface area contributed by atoms with E-state index in [0.29, 0.717) is 12.0 Å². The van der Waals surface area contributed by atoms with E-state index in [9.17, 15) is 5.11 Å². The number of hydrogen-bond donors (Lipinski definition) is 3. The van der Waals surface area contributed by atoms with Crippen LogP contribution in [0.3, 0.4) is 0 Å². The van der Waals surface area contributed by atoms with Crippen molar-refractivity contribution in [3.05, 3.63) is 35.9 Å². The number of rotatable bonds is 7. The maximum atomic E-state index is 9.67. The summed E-state index contributed by atoms with van der Waals surface area (Å²) in [7, 11) is 0. The molecule has 0 amide bonds. The molecular formula is C22H37IN4O. The summed E-state index contributed by atoms with van der Waals surface area (Å²) in [6.07, 6.45) is 6.13. The topological polar surface area (TPSA) is 59.9 Å². The van der Waals surface area contributed by atoms with Crippen LogP contribution in [0.4, 0.5) is 0 Å². The van der Waals surface area contributed by atoms with E-state index in [2.05, 4.69) is 52.8 Å². The van der Waals surface area contributed by atoms with Gasteiger partial charge in [-0.2, -0.15) is 0 Å². The zero-order chi connectivity index (χ0) is 18.9. The van der Waals surface area contributed by atoms with Crippen LogP contribution in [0.5, 0.6) is 0 Å². The van der Waals surface area contributed by atoms with Crippen LogP contribution in [0.15, 0.2) is 35.3 Å². The molecular weight excluding hydrogens is 463 g/mol. The maximum Gasteiger partial charge on any atom is 0.191 e. The van der Waals surface area contributed by atoms with Crippen molar-refractivity contribution in [2.45, 2.75) is 57.6 Å². The van der Waals surface area contributed by atoms with Gasteiger partial charge in [0, 0.05) is 32.2 Å². The number of hydrogen-bond acceptors (Lipinski definition) is 3. The van der Waals surface area contributed by atoms with E-state index in [1.807, 2.05) is 0 Å². The molecule has 2 fully saturated rings. The molecule has 0 aromatic heterocycles. The molecule has 0 radical (unpaired) electrons. The summed E-state index contributed by atoms with van der Waals surface area (Å²) < 4.78 is 0. The zero-order valence-electron chi connectivity index (χ0n) is 17.1. The Morgan fingerprint density at radius 1 is 1.14 bits per heavy atom. The summed E-state index contributed by atoms with van der Waals surface area (Å²) in [5, 5.41) is 16.6. The quantitative estimate of drug-likeness (QED) is 0.306. The van der Waals surface area contributed by atoms with Crippen molar-refractivity contribution in [1.82, 2.24) is 15.5 Å². The average molecular weight is 500 g/mol. The highest BCUT2D eigenvalue weighted by Gasteiger charge is 2.23. The molecule has 3 rings (SSSR count). The van der Waals surface area contributed by atoms with E-state index in [-0.39, 0.29) is 30.1 Å². The van der Waals surface area contributed by atoms with E-state index in [1.165, 1.54) is 18.5 Å². The average Bonchev–Trinajstić information content (AvgIpc) is 3.15. The van der Waals surface area contributed by atoms with Crippen molar-refractivity contribution < 1.29 is 5.11 Å². The monoisotopic (exact) mass is 500 g/mol. The molecule has 6 heteroatoms. The second kappa shape index (κ2) is 12.6. The number of aliphatic hydroxyl groups excluding tert-OH is 1. The fraction of sp³-hybridized carbons (Fsp3) is 0.682. The van der Waals surface area contributed by atoms with Crippen LogP contribution in [-0.4, -0.2) is 60.8 Å². The van der Waals surface area contributed by atoms with Gasteiger partial charge in [-0.05, 0) is 63.5 Å². The Kier molecular flexibility index (Phi) is 10.6. The summed E-state index contributed by atoms with van der Waals surface area (Å²) in [6.45, 7) is 7.39. The molecule has 1 saturated heterocycles. The first kappa shape index (κ1) is 23.4. The molecule has 28 heavy (non-hydrogen) atoms. The Bertz CT molecular complexity index is 575. The van der Waals surface area contributed by atoms with Gasteiger partial charge in [-0.3, -0.25) is 4.99 Å². The standard InChI is InChI=1S/C22H36N4O.HI/c1-2-23-22(25-20-8-10-21(27)11-9-20)24-16-19-13-15-26(17-19)14-12-18-6-4-3-5-7-18;/h3-7,19-21,27H,2,8-17H2,1H3,(H2,23,24,25);1H. The predicted octanol–water partition coefficient (Wildman–Crippen LogP) is 3.03. The lowest BCUT2D eigenvalue weighted by atomic mass is 9.93. The number of benzene rings is 1. The van der Waals surface area contributed by atoms with Crippen LogP contribution in [0.2, 0.25) is 0 Å². The highest BCUT2D eigenvalue weighted by Crippen LogP contribution is 2.19. The van der Waals surface area contributed by atoms with Crippen LogP contribution in [0.1, 0.15) is 44.6 Å². The Morgan fingerprint density at radius 2 is 1.89 bits per heavy atom.